The zero-order valence-corrected chi connectivity index (χ0v) is 8.90. The Morgan fingerprint density at radius 3 is 2.83 bits per heavy atom. The van der Waals surface area contributed by atoms with E-state index in [1.807, 2.05) is 0 Å². The average Bonchev–Trinajstić information content (AvgIpc) is 2.29. The molecule has 1 aliphatic heterocycles. The molecule has 0 unspecified atom stereocenters. The van der Waals surface area contributed by atoms with Gasteiger partial charge >= 0.3 is 0 Å². The smallest absolute Gasteiger partial charge is 0.0394 e. The maximum Gasteiger partial charge on any atom is 0.0394 e. The number of halogens is 1. The first-order chi connectivity index (χ1) is 5.61. The molecule has 1 aromatic carbocycles. The first-order valence-electron chi connectivity index (χ1n) is 4.14. The summed E-state index contributed by atoms with van der Waals surface area (Å²) in [4.78, 5) is 0. The van der Waals surface area contributed by atoms with Crippen LogP contribution in [0.15, 0.2) is 22.7 Å². The minimum absolute atomic E-state index is 0.120. The van der Waals surface area contributed by atoms with Crippen molar-refractivity contribution in [3.8, 4) is 0 Å². The molecule has 64 valence electrons. The molecule has 1 heterocycles. The van der Waals surface area contributed by atoms with Crippen LogP contribution in [0.25, 0.3) is 0 Å². The summed E-state index contributed by atoms with van der Waals surface area (Å²) in [6.45, 7) is 5.41. The molecule has 0 fully saturated rings. The Kier molecular flexibility index (Phi) is 1.77. The van der Waals surface area contributed by atoms with E-state index >= 15 is 0 Å². The van der Waals surface area contributed by atoms with Crippen LogP contribution in [0.4, 0.5) is 0 Å². The molecule has 0 bridgehead atoms. The average molecular weight is 226 g/mol. The van der Waals surface area contributed by atoms with Crippen LogP contribution in [-0.4, -0.2) is 0 Å². The van der Waals surface area contributed by atoms with Crippen molar-refractivity contribution in [2.24, 2.45) is 0 Å². The molecule has 0 saturated carbocycles. The van der Waals surface area contributed by atoms with E-state index < -0.39 is 0 Å². The van der Waals surface area contributed by atoms with Crippen LogP contribution in [0.5, 0.6) is 0 Å². The second-order valence-electron chi connectivity index (χ2n) is 3.75. The van der Waals surface area contributed by atoms with Gasteiger partial charge in [-0.3, -0.25) is 0 Å². The highest BCUT2D eigenvalue weighted by atomic mass is 79.9. The molecule has 1 N–H and O–H groups in total. The highest BCUT2D eigenvalue weighted by Gasteiger charge is 2.30. The predicted octanol–water partition coefficient (Wildman–Crippen LogP) is 2.79. The second kappa shape index (κ2) is 2.57. The van der Waals surface area contributed by atoms with Gasteiger partial charge in [0.15, 0.2) is 0 Å². The van der Waals surface area contributed by atoms with Gasteiger partial charge in [-0.1, -0.05) is 28.1 Å². The number of hydrogen-bond acceptors (Lipinski definition) is 1. The van der Waals surface area contributed by atoms with Crippen molar-refractivity contribution in [2.75, 3.05) is 0 Å². The summed E-state index contributed by atoms with van der Waals surface area (Å²) in [5, 5.41) is 3.47. The zero-order valence-electron chi connectivity index (χ0n) is 7.32. The van der Waals surface area contributed by atoms with Gasteiger partial charge in [0.1, 0.15) is 0 Å². The van der Waals surface area contributed by atoms with E-state index in [2.05, 4.69) is 53.3 Å². The Bertz CT molecular complexity index is 318. The molecule has 0 atom stereocenters. The maximum absolute atomic E-state index is 3.58. The van der Waals surface area contributed by atoms with Gasteiger partial charge in [0.25, 0.3) is 0 Å². The van der Waals surface area contributed by atoms with Crippen molar-refractivity contribution >= 4 is 15.9 Å². The third-order valence-electron chi connectivity index (χ3n) is 2.45. The SMILES string of the molecule is CC1(C)NCc2cccc(Br)c21. The molecular weight excluding hydrogens is 214 g/mol. The molecule has 0 aromatic heterocycles. The zero-order chi connectivity index (χ0) is 8.77. The lowest BCUT2D eigenvalue weighted by atomic mass is 9.95. The van der Waals surface area contributed by atoms with E-state index in [0.717, 1.165) is 6.54 Å². The van der Waals surface area contributed by atoms with Crippen LogP contribution in [0.2, 0.25) is 0 Å². The van der Waals surface area contributed by atoms with Gasteiger partial charge in [-0.25, -0.2) is 0 Å². The van der Waals surface area contributed by atoms with Gasteiger partial charge in [-0.15, -0.1) is 0 Å². The fourth-order valence-electron chi connectivity index (χ4n) is 1.82. The number of hydrogen-bond donors (Lipinski definition) is 1. The Labute approximate surface area is 81.3 Å². The van der Waals surface area contributed by atoms with Crippen molar-refractivity contribution in [2.45, 2.75) is 25.9 Å². The molecule has 0 spiro atoms. The van der Waals surface area contributed by atoms with Gasteiger partial charge in [0, 0.05) is 16.6 Å². The lowest BCUT2D eigenvalue weighted by Crippen LogP contribution is -2.29. The molecule has 1 nitrogen and oxygen atoms in total. The standard InChI is InChI=1S/C10H12BrN/c1-10(2)9-7(6-12-10)4-3-5-8(9)11/h3-5,12H,6H2,1-2H3. The third-order valence-corrected chi connectivity index (χ3v) is 3.11. The van der Waals surface area contributed by atoms with Crippen LogP contribution in [0, 0.1) is 0 Å². The van der Waals surface area contributed by atoms with Gasteiger partial charge in [-0.05, 0) is 31.0 Å². The Hall–Kier alpha value is -0.340. The van der Waals surface area contributed by atoms with Gasteiger partial charge in [0.2, 0.25) is 0 Å². The van der Waals surface area contributed by atoms with Gasteiger partial charge < -0.3 is 5.32 Å². The lowest BCUT2D eigenvalue weighted by molar-refractivity contribution is 0.441. The second-order valence-corrected chi connectivity index (χ2v) is 4.61. The molecule has 0 saturated heterocycles. The minimum atomic E-state index is 0.120. The van der Waals surface area contributed by atoms with Crippen molar-refractivity contribution in [3.63, 3.8) is 0 Å². The van der Waals surface area contributed by atoms with E-state index in [1.54, 1.807) is 0 Å². The van der Waals surface area contributed by atoms with Crippen molar-refractivity contribution in [3.05, 3.63) is 33.8 Å². The van der Waals surface area contributed by atoms with Crippen LogP contribution in [0.3, 0.4) is 0 Å². The predicted molar refractivity (Wildman–Crippen MR) is 54.0 cm³/mol. The molecular formula is C10H12BrN. The molecule has 0 radical (unpaired) electrons. The van der Waals surface area contributed by atoms with Crippen molar-refractivity contribution in [1.82, 2.24) is 5.32 Å². The number of benzene rings is 1. The molecule has 0 amide bonds. The molecule has 0 aliphatic carbocycles. The molecule has 1 aromatic rings. The fourth-order valence-corrected chi connectivity index (χ4v) is 2.72. The summed E-state index contributed by atoms with van der Waals surface area (Å²) in [6.07, 6.45) is 0. The van der Waals surface area contributed by atoms with E-state index in [4.69, 9.17) is 0 Å². The summed E-state index contributed by atoms with van der Waals surface area (Å²) in [7, 11) is 0. The molecule has 12 heavy (non-hydrogen) atoms. The van der Waals surface area contributed by atoms with Gasteiger partial charge in [-0.2, -0.15) is 0 Å². The minimum Gasteiger partial charge on any atom is -0.304 e. The highest BCUT2D eigenvalue weighted by Crippen LogP contribution is 2.35. The quantitative estimate of drug-likeness (QED) is 0.717. The Morgan fingerprint density at radius 2 is 2.17 bits per heavy atom. The van der Waals surface area contributed by atoms with E-state index in [-0.39, 0.29) is 5.54 Å². The Morgan fingerprint density at radius 1 is 1.42 bits per heavy atom. The van der Waals surface area contributed by atoms with Crippen molar-refractivity contribution in [1.29, 1.82) is 0 Å². The summed E-state index contributed by atoms with van der Waals surface area (Å²) in [5.74, 6) is 0. The van der Waals surface area contributed by atoms with E-state index in [1.165, 1.54) is 15.6 Å². The summed E-state index contributed by atoms with van der Waals surface area (Å²) in [6, 6.07) is 6.38. The topological polar surface area (TPSA) is 12.0 Å². The molecule has 2 heteroatoms. The molecule has 2 rings (SSSR count). The highest BCUT2D eigenvalue weighted by molar-refractivity contribution is 9.10. The third kappa shape index (κ3) is 1.10. The molecule has 1 aliphatic rings. The monoisotopic (exact) mass is 225 g/mol. The Balaban J connectivity index is 2.64. The largest absolute Gasteiger partial charge is 0.304 e. The van der Waals surface area contributed by atoms with Crippen LogP contribution in [0.1, 0.15) is 25.0 Å². The first-order valence-corrected chi connectivity index (χ1v) is 4.93. The van der Waals surface area contributed by atoms with E-state index in [9.17, 15) is 0 Å². The van der Waals surface area contributed by atoms with Crippen LogP contribution in [-0.2, 0) is 12.1 Å². The van der Waals surface area contributed by atoms with Crippen LogP contribution < -0.4 is 5.32 Å². The number of rotatable bonds is 0. The maximum atomic E-state index is 3.58. The fraction of sp³-hybridized carbons (Fsp3) is 0.400. The number of nitrogens with one attached hydrogen (secondary N) is 1. The summed E-state index contributed by atoms with van der Waals surface area (Å²) < 4.78 is 1.22. The van der Waals surface area contributed by atoms with Crippen LogP contribution >= 0.6 is 15.9 Å². The number of fused-ring (bicyclic) bond motifs is 1. The van der Waals surface area contributed by atoms with E-state index in [0.29, 0.717) is 0 Å². The lowest BCUT2D eigenvalue weighted by Gasteiger charge is -2.20. The summed E-state index contributed by atoms with van der Waals surface area (Å²) in [5.41, 5.74) is 2.94. The van der Waals surface area contributed by atoms with Gasteiger partial charge in [0.05, 0.1) is 0 Å². The first kappa shape index (κ1) is 8.27. The summed E-state index contributed by atoms with van der Waals surface area (Å²) >= 11 is 3.58. The van der Waals surface area contributed by atoms with Crippen molar-refractivity contribution < 1.29 is 0 Å². The normalized spacial score (nSPS) is 19.2.